The molecule has 0 bridgehead atoms. The van der Waals surface area contributed by atoms with E-state index in [9.17, 15) is 0 Å². The van der Waals surface area contributed by atoms with E-state index in [0.29, 0.717) is 0 Å². The molecule has 1 aromatic heterocycles. The molecule has 2 unspecified atom stereocenters. The van der Waals surface area contributed by atoms with Crippen LogP contribution in [0.4, 0.5) is 0 Å². The van der Waals surface area contributed by atoms with Crippen molar-refractivity contribution in [2.75, 3.05) is 26.7 Å². The molecule has 4 heteroatoms. The zero-order valence-corrected chi connectivity index (χ0v) is 13.3. The first-order valence-electron chi connectivity index (χ1n) is 6.88. The highest BCUT2D eigenvalue weighted by Gasteiger charge is 2.34. The summed E-state index contributed by atoms with van der Waals surface area (Å²) in [7, 11) is 2.31. The second-order valence-corrected chi connectivity index (χ2v) is 7.62. The van der Waals surface area contributed by atoms with Crippen LogP contribution in [0, 0.1) is 5.92 Å². The molecule has 2 saturated heterocycles. The Balaban J connectivity index is 1.60. The predicted octanol–water partition coefficient (Wildman–Crippen LogP) is 3.43. The predicted molar refractivity (Wildman–Crippen MR) is 81.1 cm³/mol. The van der Waals surface area contributed by atoms with Crippen LogP contribution in [-0.4, -0.2) is 42.5 Å². The van der Waals surface area contributed by atoms with Crippen LogP contribution in [-0.2, 0) is 6.54 Å². The monoisotopic (exact) mass is 328 g/mol. The molecule has 0 N–H and O–H groups in total. The Hall–Kier alpha value is 0.1000. The second-order valence-electron chi connectivity index (χ2n) is 5.71. The van der Waals surface area contributed by atoms with E-state index in [0.717, 1.165) is 18.5 Å². The van der Waals surface area contributed by atoms with Crippen LogP contribution < -0.4 is 0 Å². The van der Waals surface area contributed by atoms with Crippen LogP contribution in [0.5, 0.6) is 0 Å². The molecule has 0 amide bonds. The van der Waals surface area contributed by atoms with Crippen LogP contribution >= 0.6 is 27.3 Å². The Morgan fingerprint density at radius 3 is 3.06 bits per heavy atom. The number of hydrogen-bond acceptors (Lipinski definition) is 3. The molecule has 100 valence electrons. The molecule has 2 aliphatic heterocycles. The van der Waals surface area contributed by atoms with Crippen molar-refractivity contribution in [2.45, 2.75) is 31.8 Å². The van der Waals surface area contributed by atoms with Crippen molar-refractivity contribution < 1.29 is 0 Å². The number of thiophene rings is 1. The molecule has 2 aliphatic rings. The van der Waals surface area contributed by atoms with Crippen LogP contribution in [0.15, 0.2) is 15.9 Å². The van der Waals surface area contributed by atoms with Crippen molar-refractivity contribution in [1.29, 1.82) is 0 Å². The first-order valence-corrected chi connectivity index (χ1v) is 8.55. The molecule has 3 heterocycles. The molecule has 0 aliphatic carbocycles. The van der Waals surface area contributed by atoms with E-state index in [1.54, 1.807) is 0 Å². The lowest BCUT2D eigenvalue weighted by atomic mass is 9.84. The van der Waals surface area contributed by atoms with Gasteiger partial charge in [0.05, 0.1) is 0 Å². The standard InChI is InChI=1S/C14H21BrN2S/c1-16-5-2-3-11-8-17(6-4-14(11)16)9-13-7-12(15)10-18-13/h7,10-11,14H,2-6,8-9H2,1H3. The number of halogens is 1. The van der Waals surface area contributed by atoms with Gasteiger partial charge in [-0.05, 0) is 60.8 Å². The van der Waals surface area contributed by atoms with Gasteiger partial charge in [0.25, 0.3) is 0 Å². The van der Waals surface area contributed by atoms with Gasteiger partial charge in [0.1, 0.15) is 0 Å². The fraction of sp³-hybridized carbons (Fsp3) is 0.714. The van der Waals surface area contributed by atoms with Crippen LogP contribution in [0.2, 0.25) is 0 Å². The molecule has 2 fully saturated rings. The van der Waals surface area contributed by atoms with E-state index in [1.807, 2.05) is 11.3 Å². The zero-order valence-electron chi connectivity index (χ0n) is 10.9. The second kappa shape index (κ2) is 5.61. The molecule has 18 heavy (non-hydrogen) atoms. The van der Waals surface area contributed by atoms with E-state index in [4.69, 9.17) is 0 Å². The lowest BCUT2D eigenvalue weighted by Crippen LogP contribution is -2.52. The molecule has 0 saturated carbocycles. The molecular weight excluding hydrogens is 308 g/mol. The molecule has 0 spiro atoms. The largest absolute Gasteiger partial charge is 0.303 e. The van der Waals surface area contributed by atoms with E-state index in [-0.39, 0.29) is 0 Å². The van der Waals surface area contributed by atoms with Crippen LogP contribution in [0.1, 0.15) is 24.1 Å². The van der Waals surface area contributed by atoms with Gasteiger partial charge < -0.3 is 4.90 Å². The summed E-state index contributed by atoms with van der Waals surface area (Å²) in [5.74, 6) is 0.904. The summed E-state index contributed by atoms with van der Waals surface area (Å²) in [6.45, 7) is 5.01. The van der Waals surface area contributed by atoms with Gasteiger partial charge >= 0.3 is 0 Å². The van der Waals surface area contributed by atoms with Crippen molar-refractivity contribution in [1.82, 2.24) is 9.80 Å². The minimum Gasteiger partial charge on any atom is -0.303 e. The van der Waals surface area contributed by atoms with Crippen molar-refractivity contribution in [3.05, 3.63) is 20.8 Å². The molecule has 1 aromatic rings. The summed E-state index contributed by atoms with van der Waals surface area (Å²) < 4.78 is 1.23. The van der Waals surface area contributed by atoms with Gasteiger partial charge in [-0.15, -0.1) is 11.3 Å². The third kappa shape index (κ3) is 2.82. The summed E-state index contributed by atoms with van der Waals surface area (Å²) in [4.78, 5) is 6.73. The first kappa shape index (κ1) is 13.1. The molecule has 0 aromatic carbocycles. The smallest absolute Gasteiger partial charge is 0.0328 e. The maximum absolute atomic E-state index is 3.55. The highest BCUT2D eigenvalue weighted by atomic mass is 79.9. The van der Waals surface area contributed by atoms with Crippen molar-refractivity contribution in [3.8, 4) is 0 Å². The van der Waals surface area contributed by atoms with E-state index in [2.05, 4.69) is 44.2 Å². The van der Waals surface area contributed by atoms with Gasteiger partial charge in [-0.2, -0.15) is 0 Å². The molecule has 2 atom stereocenters. The topological polar surface area (TPSA) is 6.48 Å². The highest BCUT2D eigenvalue weighted by molar-refractivity contribution is 9.10. The minimum absolute atomic E-state index is 0.852. The molecule has 3 rings (SSSR count). The minimum atomic E-state index is 0.852. The van der Waals surface area contributed by atoms with Crippen LogP contribution in [0.25, 0.3) is 0 Å². The average molecular weight is 329 g/mol. The maximum atomic E-state index is 3.55. The van der Waals surface area contributed by atoms with E-state index in [1.165, 1.54) is 48.2 Å². The summed E-state index contributed by atoms with van der Waals surface area (Å²) in [6, 6.07) is 3.12. The fourth-order valence-corrected chi connectivity index (χ4v) is 5.02. The highest BCUT2D eigenvalue weighted by Crippen LogP contribution is 2.31. The Kier molecular flexibility index (Phi) is 4.09. The quantitative estimate of drug-likeness (QED) is 0.820. The Bertz CT molecular complexity index is 406. The molecule has 0 radical (unpaired) electrons. The third-order valence-corrected chi connectivity index (χ3v) is 6.11. The van der Waals surface area contributed by atoms with Crippen LogP contribution in [0.3, 0.4) is 0 Å². The van der Waals surface area contributed by atoms with Gasteiger partial charge in [-0.3, -0.25) is 4.90 Å². The van der Waals surface area contributed by atoms with Crippen molar-refractivity contribution in [3.63, 3.8) is 0 Å². The van der Waals surface area contributed by atoms with Gasteiger partial charge in [0.2, 0.25) is 0 Å². The Morgan fingerprint density at radius 2 is 2.28 bits per heavy atom. The van der Waals surface area contributed by atoms with Crippen molar-refractivity contribution >= 4 is 27.3 Å². The van der Waals surface area contributed by atoms with Gasteiger partial charge in [0.15, 0.2) is 0 Å². The van der Waals surface area contributed by atoms with Crippen molar-refractivity contribution in [2.24, 2.45) is 5.92 Å². The Labute approximate surface area is 122 Å². The average Bonchev–Trinajstić information content (AvgIpc) is 2.75. The number of likely N-dealkylation sites (tertiary alicyclic amines) is 2. The third-order valence-electron chi connectivity index (χ3n) is 4.43. The first-order chi connectivity index (χ1) is 8.72. The fourth-order valence-electron chi connectivity index (χ4n) is 3.53. The van der Waals surface area contributed by atoms with Gasteiger partial charge in [-0.1, -0.05) is 0 Å². The maximum Gasteiger partial charge on any atom is 0.0328 e. The Morgan fingerprint density at radius 1 is 1.39 bits per heavy atom. The van der Waals surface area contributed by atoms with E-state index >= 15 is 0 Å². The normalized spacial score (nSPS) is 30.3. The molecule has 2 nitrogen and oxygen atoms in total. The number of nitrogens with zero attached hydrogens (tertiary/aromatic N) is 2. The van der Waals surface area contributed by atoms with Gasteiger partial charge in [0, 0.05) is 40.4 Å². The SMILES string of the molecule is CN1CCCC2CN(Cc3cc(Br)cs3)CCC21. The summed E-state index contributed by atoms with van der Waals surface area (Å²) in [6.07, 6.45) is 4.17. The molecular formula is C14H21BrN2S. The number of hydrogen-bond donors (Lipinski definition) is 0. The van der Waals surface area contributed by atoms with Gasteiger partial charge in [-0.25, -0.2) is 0 Å². The summed E-state index contributed by atoms with van der Waals surface area (Å²) in [5, 5.41) is 2.19. The number of fused-ring (bicyclic) bond motifs is 1. The number of rotatable bonds is 2. The summed E-state index contributed by atoms with van der Waals surface area (Å²) in [5.41, 5.74) is 0. The lowest BCUT2D eigenvalue weighted by Gasteiger charge is -2.45. The zero-order chi connectivity index (χ0) is 12.5. The number of piperidine rings is 2. The van der Waals surface area contributed by atoms with E-state index < -0.39 is 0 Å². The summed E-state index contributed by atoms with van der Waals surface area (Å²) >= 11 is 5.42. The lowest BCUT2D eigenvalue weighted by molar-refractivity contribution is 0.0359.